The second-order valence-corrected chi connectivity index (χ2v) is 15.1. The monoisotopic (exact) mass is 945 g/mol. The summed E-state index contributed by atoms with van der Waals surface area (Å²) in [5, 5.41) is 19.8. The molecule has 6 aromatic rings. The van der Waals surface area contributed by atoms with Gasteiger partial charge in [-0.2, -0.15) is 0 Å². The van der Waals surface area contributed by atoms with Gasteiger partial charge in [0.2, 0.25) is 5.75 Å². The Hall–Kier alpha value is -7.17. The van der Waals surface area contributed by atoms with E-state index in [9.17, 15) is 9.59 Å². The fourth-order valence-corrected chi connectivity index (χ4v) is 7.17. The molecule has 0 saturated carbocycles. The van der Waals surface area contributed by atoms with Crippen molar-refractivity contribution in [3.8, 4) is 74.3 Å². The smallest absolute Gasteiger partial charge is 0.341 e. The Kier molecular flexibility index (Phi) is 16.9. The quantitative estimate of drug-likeness (QED) is 0.0613. The lowest BCUT2D eigenvalue weighted by Gasteiger charge is -2.28. The molecule has 0 radical (unpaired) electrons. The first-order valence-electron chi connectivity index (χ1n) is 20.4. The molecule has 1 atom stereocenters. The van der Waals surface area contributed by atoms with Crippen LogP contribution < -0.4 is 53.3 Å². The van der Waals surface area contributed by atoms with E-state index < -0.39 is 18.7 Å². The topological polar surface area (TPSA) is 188 Å². The Labute approximate surface area is 391 Å². The minimum absolute atomic E-state index is 0.185. The molecule has 1 aliphatic heterocycles. The van der Waals surface area contributed by atoms with Crippen molar-refractivity contribution in [2.45, 2.75) is 25.4 Å². The average molecular weight is 947 g/mol. The Morgan fingerprint density at radius 1 is 0.636 bits per heavy atom. The first-order valence-corrected chi connectivity index (χ1v) is 21.2. The molecule has 0 saturated heterocycles. The number of carboxylic acid groups (broad SMARTS) is 1. The number of hydrogen-bond acceptors (Lipinski definition) is 14. The summed E-state index contributed by atoms with van der Waals surface area (Å²) in [6.45, 7) is 0.577. The van der Waals surface area contributed by atoms with Crippen molar-refractivity contribution in [1.82, 2.24) is 10.5 Å². The van der Waals surface area contributed by atoms with E-state index in [0.29, 0.717) is 92.0 Å². The number of amides is 1. The van der Waals surface area contributed by atoms with Crippen LogP contribution in [0.3, 0.4) is 0 Å². The summed E-state index contributed by atoms with van der Waals surface area (Å²) in [6, 6.07) is 26.7. The first kappa shape index (κ1) is 48.3. The van der Waals surface area contributed by atoms with Crippen LogP contribution >= 0.6 is 23.2 Å². The lowest BCUT2D eigenvalue weighted by atomic mass is 10.0. The number of methoxy groups -OCH3 is 6. The van der Waals surface area contributed by atoms with Gasteiger partial charge in [0, 0.05) is 27.9 Å². The Morgan fingerprint density at radius 2 is 1.30 bits per heavy atom. The molecule has 66 heavy (non-hydrogen) atoms. The Morgan fingerprint density at radius 3 is 1.95 bits per heavy atom. The van der Waals surface area contributed by atoms with Crippen LogP contribution in [0.15, 0.2) is 95.5 Å². The highest BCUT2D eigenvalue weighted by molar-refractivity contribution is 6.35. The third kappa shape index (κ3) is 12.1. The Bertz CT molecular complexity index is 2600. The number of aliphatic carboxylic acids is 1. The number of carbonyl (C=O) groups is 2. The number of hydrogen-bond donors (Lipinski definition) is 3. The lowest BCUT2D eigenvalue weighted by molar-refractivity contribution is -0.139. The van der Waals surface area contributed by atoms with E-state index in [2.05, 4.69) is 15.8 Å². The maximum atomic E-state index is 12.8. The number of benzene rings is 5. The molecule has 7 rings (SSSR count). The van der Waals surface area contributed by atoms with Crippen LogP contribution in [0.4, 0.5) is 5.69 Å². The van der Waals surface area contributed by atoms with Crippen molar-refractivity contribution in [3.63, 3.8) is 0 Å². The van der Waals surface area contributed by atoms with Crippen LogP contribution in [-0.2, 0) is 4.79 Å². The van der Waals surface area contributed by atoms with E-state index in [-0.39, 0.29) is 5.91 Å². The van der Waals surface area contributed by atoms with E-state index in [1.54, 1.807) is 66.9 Å². The molecule has 5 aromatic carbocycles. The van der Waals surface area contributed by atoms with Gasteiger partial charge in [-0.15, -0.1) is 0 Å². The third-order valence-corrected chi connectivity index (χ3v) is 10.6. The SMILES string of the molecule is COc1ccc2c(c1)C(=O)NC(c1ccc(OCCCCCOc3cc(-c4cc(-c5cc(OC)c(OC)c(OC)c5)on4)ccc3OC)c(OC)c1)N2.O=C(O)COc1ccc(Cl)cc1Cl. The number of aromatic nitrogens is 1. The van der Waals surface area contributed by atoms with Crippen molar-refractivity contribution in [2.24, 2.45) is 0 Å². The van der Waals surface area contributed by atoms with Crippen LogP contribution in [0, 0.1) is 0 Å². The molecule has 1 aliphatic rings. The van der Waals surface area contributed by atoms with Gasteiger partial charge in [0.25, 0.3) is 5.91 Å². The zero-order chi connectivity index (χ0) is 47.2. The van der Waals surface area contributed by atoms with Gasteiger partial charge in [-0.05, 0) is 104 Å². The number of anilines is 1. The zero-order valence-corrected chi connectivity index (χ0v) is 38.5. The number of nitrogens with zero attached hydrogens (tertiary/aromatic N) is 1. The molecule has 0 fully saturated rings. The summed E-state index contributed by atoms with van der Waals surface area (Å²) in [4.78, 5) is 23.0. The molecule has 18 heteroatoms. The minimum atomic E-state index is -1.05. The van der Waals surface area contributed by atoms with E-state index in [1.165, 1.54) is 12.1 Å². The lowest BCUT2D eigenvalue weighted by Crippen LogP contribution is -2.38. The normalized spacial score (nSPS) is 12.5. The highest BCUT2D eigenvalue weighted by atomic mass is 35.5. The van der Waals surface area contributed by atoms with Crippen molar-refractivity contribution < 1.29 is 61.9 Å². The summed E-state index contributed by atoms with van der Waals surface area (Å²) < 4.78 is 55.6. The Balaban J connectivity index is 0.000000477. The van der Waals surface area contributed by atoms with E-state index in [1.807, 2.05) is 54.6 Å². The predicted octanol–water partition coefficient (Wildman–Crippen LogP) is 10.00. The van der Waals surface area contributed by atoms with Crippen LogP contribution in [-0.4, -0.2) is 84.6 Å². The van der Waals surface area contributed by atoms with Crippen molar-refractivity contribution >= 4 is 40.8 Å². The van der Waals surface area contributed by atoms with E-state index >= 15 is 0 Å². The number of ether oxygens (including phenoxy) is 9. The molecular formula is C48H49Cl2N3O13. The maximum absolute atomic E-state index is 12.8. The zero-order valence-electron chi connectivity index (χ0n) is 37.0. The number of halogens is 2. The highest BCUT2D eigenvalue weighted by Gasteiger charge is 2.26. The van der Waals surface area contributed by atoms with Crippen molar-refractivity contribution in [3.05, 3.63) is 112 Å². The van der Waals surface area contributed by atoms with Crippen LogP contribution in [0.25, 0.3) is 22.6 Å². The standard InChI is InChI=1S/C40H43N3O10.C8H6Cl2O3/c1-45-27-12-13-29-28(22-27)40(44)42-39(41-29)25-11-15-32(34(19-25)47-3)51-16-8-7-9-17-52-35-18-24(10-14-31(35)46-2)30-23-33(53-43-30)26-20-36(48-4)38(50-6)37(21-26)49-5;9-5-1-2-7(6(10)3-5)13-4-8(11)12/h10-15,18-23,39,41H,7-9,16-17H2,1-6H3,(H,42,44);1-3H,4H2,(H,11,12). The van der Waals surface area contributed by atoms with Crippen LogP contribution in [0.1, 0.15) is 41.3 Å². The molecule has 1 amide bonds. The van der Waals surface area contributed by atoms with E-state index in [0.717, 1.165) is 41.6 Å². The van der Waals surface area contributed by atoms with Crippen molar-refractivity contribution in [1.29, 1.82) is 0 Å². The predicted molar refractivity (Wildman–Crippen MR) is 248 cm³/mol. The molecule has 1 aromatic heterocycles. The molecule has 1 unspecified atom stereocenters. The summed E-state index contributed by atoms with van der Waals surface area (Å²) in [5.74, 6) is 4.19. The van der Waals surface area contributed by atoms with Gasteiger partial charge >= 0.3 is 5.97 Å². The van der Waals surface area contributed by atoms with Gasteiger partial charge in [-0.25, -0.2) is 4.79 Å². The fourth-order valence-electron chi connectivity index (χ4n) is 6.71. The average Bonchev–Trinajstić information content (AvgIpc) is 3.83. The second kappa shape index (κ2) is 23.1. The van der Waals surface area contributed by atoms with Crippen LogP contribution in [0.5, 0.6) is 51.7 Å². The molecule has 2 heterocycles. The van der Waals surface area contributed by atoms with Gasteiger partial charge in [0.1, 0.15) is 23.4 Å². The van der Waals surface area contributed by atoms with Gasteiger partial charge in [0.05, 0.1) is 66.5 Å². The second-order valence-electron chi connectivity index (χ2n) is 14.2. The highest BCUT2D eigenvalue weighted by Crippen LogP contribution is 2.42. The molecule has 0 spiro atoms. The fraction of sp³-hybridized carbons (Fsp3) is 0.271. The first-order chi connectivity index (χ1) is 32.0. The van der Waals surface area contributed by atoms with Crippen LogP contribution in [0.2, 0.25) is 10.0 Å². The third-order valence-electron chi connectivity index (χ3n) is 10.0. The number of nitrogens with one attached hydrogen (secondary N) is 2. The number of unbranched alkanes of at least 4 members (excludes halogenated alkanes) is 2. The largest absolute Gasteiger partial charge is 0.497 e. The molecule has 16 nitrogen and oxygen atoms in total. The van der Waals surface area contributed by atoms with Gasteiger partial charge < -0.3 is 62.9 Å². The molecule has 348 valence electrons. The molecule has 0 bridgehead atoms. The summed E-state index contributed by atoms with van der Waals surface area (Å²) in [5.41, 5.74) is 4.26. The number of carboxylic acids is 1. The van der Waals surface area contributed by atoms with Crippen molar-refractivity contribution in [2.75, 3.05) is 67.8 Å². The number of rotatable bonds is 20. The number of fused-ring (bicyclic) bond motifs is 1. The molecule has 0 aliphatic carbocycles. The van der Waals surface area contributed by atoms with Gasteiger partial charge in [-0.3, -0.25) is 4.79 Å². The van der Waals surface area contributed by atoms with Gasteiger partial charge in [-0.1, -0.05) is 34.4 Å². The minimum Gasteiger partial charge on any atom is -0.497 e. The van der Waals surface area contributed by atoms with E-state index in [4.69, 9.17) is 75.5 Å². The van der Waals surface area contributed by atoms with Gasteiger partial charge in [0.15, 0.2) is 46.9 Å². The summed E-state index contributed by atoms with van der Waals surface area (Å²) >= 11 is 11.3. The molecular weight excluding hydrogens is 897 g/mol. The molecule has 3 N–H and O–H groups in total. The maximum Gasteiger partial charge on any atom is 0.341 e. The summed E-state index contributed by atoms with van der Waals surface area (Å²) in [7, 11) is 9.46. The number of carbonyl (C=O) groups excluding carboxylic acids is 1. The summed E-state index contributed by atoms with van der Waals surface area (Å²) in [6.07, 6.45) is 2.08.